The number of hydrogen-bond donors (Lipinski definition) is 1. The van der Waals surface area contributed by atoms with Gasteiger partial charge in [0.05, 0.1) is 30.2 Å². The van der Waals surface area contributed by atoms with Gasteiger partial charge in [-0.05, 0) is 18.6 Å². The fourth-order valence-corrected chi connectivity index (χ4v) is 3.06. The van der Waals surface area contributed by atoms with E-state index < -0.39 is 5.97 Å². The first-order valence-electron chi connectivity index (χ1n) is 8.02. The molecular weight excluding hydrogens is 342 g/mol. The number of amides is 1. The van der Waals surface area contributed by atoms with E-state index in [1.54, 1.807) is 24.3 Å². The summed E-state index contributed by atoms with van der Waals surface area (Å²) in [4.78, 5) is 40.5. The Morgan fingerprint density at radius 1 is 1.32 bits per heavy atom. The lowest BCUT2D eigenvalue weighted by Crippen LogP contribution is -2.28. The molecule has 1 aromatic heterocycles. The van der Waals surface area contributed by atoms with Gasteiger partial charge in [0, 0.05) is 13.1 Å². The van der Waals surface area contributed by atoms with Crippen molar-refractivity contribution in [2.24, 2.45) is 0 Å². The average Bonchev–Trinajstić information content (AvgIpc) is 2.63. The van der Waals surface area contributed by atoms with Gasteiger partial charge in [-0.25, -0.2) is 4.98 Å². The molecular formula is C17H21N3O4S. The first kappa shape index (κ1) is 19.0. The fraction of sp³-hybridized carbons (Fsp3) is 0.412. The van der Waals surface area contributed by atoms with Crippen LogP contribution in [0.15, 0.2) is 34.2 Å². The van der Waals surface area contributed by atoms with E-state index >= 15 is 0 Å². The van der Waals surface area contributed by atoms with E-state index in [0.29, 0.717) is 22.6 Å². The molecule has 0 saturated carbocycles. The average molecular weight is 363 g/mol. The zero-order valence-electron chi connectivity index (χ0n) is 14.3. The van der Waals surface area contributed by atoms with Crippen molar-refractivity contribution in [3.63, 3.8) is 0 Å². The number of aromatic nitrogens is 2. The Morgan fingerprint density at radius 2 is 2.08 bits per heavy atom. The van der Waals surface area contributed by atoms with Crippen LogP contribution in [0.4, 0.5) is 0 Å². The highest BCUT2D eigenvalue weighted by Gasteiger charge is 2.14. The molecule has 0 saturated heterocycles. The summed E-state index contributed by atoms with van der Waals surface area (Å²) in [6.07, 6.45) is 0.917. The molecule has 1 heterocycles. The maximum absolute atomic E-state index is 12.7. The predicted octanol–water partition coefficient (Wildman–Crippen LogP) is 1.58. The maximum Gasteiger partial charge on any atom is 0.307 e. The van der Waals surface area contributed by atoms with Crippen molar-refractivity contribution < 1.29 is 14.3 Å². The second-order valence-corrected chi connectivity index (χ2v) is 6.28. The highest BCUT2D eigenvalue weighted by molar-refractivity contribution is 7.99. The number of hydrogen-bond acceptors (Lipinski definition) is 6. The topological polar surface area (TPSA) is 90.3 Å². The summed E-state index contributed by atoms with van der Waals surface area (Å²) in [6, 6.07) is 7.02. The molecule has 1 aromatic carbocycles. The molecule has 0 radical (unpaired) electrons. The SMILES string of the molecule is CCCNC(=O)CSc1nc2ccccc2c(=O)n1CCC(=O)OC. The van der Waals surface area contributed by atoms with Crippen LogP contribution in [0, 0.1) is 0 Å². The van der Waals surface area contributed by atoms with Crippen LogP contribution >= 0.6 is 11.8 Å². The summed E-state index contributed by atoms with van der Waals surface area (Å²) >= 11 is 1.18. The lowest BCUT2D eigenvalue weighted by molar-refractivity contribution is -0.140. The summed E-state index contributed by atoms with van der Waals surface area (Å²) < 4.78 is 6.06. The van der Waals surface area contributed by atoms with Gasteiger partial charge in [-0.15, -0.1) is 0 Å². The molecule has 1 N–H and O–H groups in total. The third-order valence-electron chi connectivity index (χ3n) is 3.50. The van der Waals surface area contributed by atoms with E-state index in [9.17, 15) is 14.4 Å². The molecule has 8 heteroatoms. The minimum Gasteiger partial charge on any atom is -0.469 e. The zero-order valence-corrected chi connectivity index (χ0v) is 15.1. The molecule has 0 spiro atoms. The smallest absolute Gasteiger partial charge is 0.307 e. The molecule has 0 unspecified atom stereocenters. The molecule has 0 atom stereocenters. The zero-order chi connectivity index (χ0) is 18.2. The van der Waals surface area contributed by atoms with E-state index in [4.69, 9.17) is 0 Å². The van der Waals surface area contributed by atoms with E-state index in [1.165, 1.54) is 23.4 Å². The van der Waals surface area contributed by atoms with Crippen molar-refractivity contribution in [3.05, 3.63) is 34.6 Å². The quantitative estimate of drug-likeness (QED) is 0.435. The third kappa shape index (κ3) is 5.06. The summed E-state index contributed by atoms with van der Waals surface area (Å²) in [5.74, 6) is -0.367. The summed E-state index contributed by atoms with van der Waals surface area (Å²) in [5.41, 5.74) is 0.337. The molecule has 7 nitrogen and oxygen atoms in total. The number of methoxy groups -OCH3 is 1. The van der Waals surface area contributed by atoms with Crippen LogP contribution < -0.4 is 10.9 Å². The minimum absolute atomic E-state index is 0.0615. The predicted molar refractivity (Wildman–Crippen MR) is 96.7 cm³/mol. The van der Waals surface area contributed by atoms with Crippen molar-refractivity contribution in [1.29, 1.82) is 0 Å². The van der Waals surface area contributed by atoms with Crippen molar-refractivity contribution >= 4 is 34.5 Å². The van der Waals surface area contributed by atoms with Gasteiger partial charge in [0.1, 0.15) is 0 Å². The van der Waals surface area contributed by atoms with Crippen molar-refractivity contribution in [3.8, 4) is 0 Å². The number of esters is 1. The van der Waals surface area contributed by atoms with E-state index in [0.717, 1.165) is 6.42 Å². The van der Waals surface area contributed by atoms with Gasteiger partial charge in [-0.2, -0.15) is 0 Å². The summed E-state index contributed by atoms with van der Waals surface area (Å²) in [5, 5.41) is 3.68. The Balaban J connectivity index is 2.29. The van der Waals surface area contributed by atoms with Crippen LogP contribution in [0.5, 0.6) is 0 Å². The lowest BCUT2D eigenvalue weighted by atomic mass is 10.2. The second kappa shape index (κ2) is 9.22. The van der Waals surface area contributed by atoms with Crippen molar-refractivity contribution in [1.82, 2.24) is 14.9 Å². The number of ether oxygens (including phenoxy) is 1. The van der Waals surface area contributed by atoms with Crippen molar-refractivity contribution in [2.75, 3.05) is 19.4 Å². The normalized spacial score (nSPS) is 10.6. The first-order chi connectivity index (χ1) is 12.1. The number of carbonyl (C=O) groups excluding carboxylic acids is 2. The molecule has 0 aliphatic rings. The Labute approximate surface area is 149 Å². The van der Waals surface area contributed by atoms with Gasteiger partial charge in [0.15, 0.2) is 5.16 Å². The molecule has 25 heavy (non-hydrogen) atoms. The number of carbonyl (C=O) groups is 2. The highest BCUT2D eigenvalue weighted by atomic mass is 32.2. The number of benzene rings is 1. The number of thioether (sulfide) groups is 1. The second-order valence-electron chi connectivity index (χ2n) is 5.33. The number of nitrogens with one attached hydrogen (secondary N) is 1. The van der Waals surface area contributed by atoms with Crippen LogP contribution in [-0.2, 0) is 20.9 Å². The maximum atomic E-state index is 12.7. The molecule has 0 bridgehead atoms. The molecule has 1 amide bonds. The van der Waals surface area contributed by atoms with Gasteiger partial charge in [-0.3, -0.25) is 19.0 Å². The largest absolute Gasteiger partial charge is 0.469 e. The molecule has 0 aliphatic carbocycles. The van der Waals surface area contributed by atoms with Crippen LogP contribution in [0.25, 0.3) is 10.9 Å². The number of fused-ring (bicyclic) bond motifs is 1. The van der Waals surface area contributed by atoms with Gasteiger partial charge >= 0.3 is 5.97 Å². The Kier molecular flexibility index (Phi) is 7.00. The van der Waals surface area contributed by atoms with Gasteiger partial charge in [-0.1, -0.05) is 30.8 Å². The summed E-state index contributed by atoms with van der Waals surface area (Å²) in [7, 11) is 1.30. The Bertz CT molecular complexity index is 819. The van der Waals surface area contributed by atoms with E-state index in [1.807, 2.05) is 6.92 Å². The molecule has 2 rings (SSSR count). The Morgan fingerprint density at radius 3 is 2.80 bits per heavy atom. The monoisotopic (exact) mass is 363 g/mol. The van der Waals surface area contributed by atoms with Crippen LogP contribution in [-0.4, -0.2) is 40.8 Å². The minimum atomic E-state index is -0.406. The molecule has 2 aromatic rings. The van der Waals surface area contributed by atoms with Gasteiger partial charge < -0.3 is 10.1 Å². The lowest BCUT2D eigenvalue weighted by Gasteiger charge is -2.12. The summed E-state index contributed by atoms with van der Waals surface area (Å²) in [6.45, 7) is 2.74. The standard InChI is InChI=1S/C17H21N3O4S/c1-3-9-18-14(21)11-25-17-19-13-7-5-4-6-12(13)16(23)20(17)10-8-15(22)24-2/h4-7H,3,8-11H2,1-2H3,(H,18,21). The first-order valence-corrected chi connectivity index (χ1v) is 9.01. The van der Waals surface area contributed by atoms with Crippen LogP contribution in [0.2, 0.25) is 0 Å². The number of nitrogens with zero attached hydrogens (tertiary/aromatic N) is 2. The molecule has 134 valence electrons. The van der Waals surface area contributed by atoms with Crippen molar-refractivity contribution in [2.45, 2.75) is 31.5 Å². The van der Waals surface area contributed by atoms with E-state index in [-0.39, 0.29) is 30.2 Å². The highest BCUT2D eigenvalue weighted by Crippen LogP contribution is 2.18. The number of rotatable bonds is 8. The fourth-order valence-electron chi connectivity index (χ4n) is 2.21. The van der Waals surface area contributed by atoms with Gasteiger partial charge in [0.25, 0.3) is 5.56 Å². The van der Waals surface area contributed by atoms with E-state index in [2.05, 4.69) is 15.0 Å². The molecule has 0 fully saturated rings. The molecule has 0 aliphatic heterocycles. The third-order valence-corrected chi connectivity index (χ3v) is 4.47. The van der Waals surface area contributed by atoms with Crippen LogP contribution in [0.1, 0.15) is 19.8 Å². The Hall–Kier alpha value is -2.35. The number of para-hydroxylation sites is 1. The van der Waals surface area contributed by atoms with Gasteiger partial charge in [0.2, 0.25) is 5.91 Å². The van der Waals surface area contributed by atoms with Crippen LogP contribution in [0.3, 0.4) is 0 Å².